The first-order chi connectivity index (χ1) is 14.8. The maximum Gasteiger partial charge on any atom is 0.329 e. The van der Waals surface area contributed by atoms with E-state index < -0.39 is 30.2 Å². The SMILES string of the molecule is COc1cc(/C=C2/NC(=O)N(CC(=O)Nc3ccccc3F)C2=O)ccc1OC(C)C. The number of nitrogens with zero attached hydrogens (tertiary/aromatic N) is 1. The molecule has 2 aromatic carbocycles. The molecule has 31 heavy (non-hydrogen) atoms. The number of urea groups is 1. The maximum absolute atomic E-state index is 13.7. The van der Waals surface area contributed by atoms with Crippen LogP contribution >= 0.6 is 0 Å². The lowest BCUT2D eigenvalue weighted by Crippen LogP contribution is -2.38. The molecule has 0 aromatic heterocycles. The van der Waals surface area contributed by atoms with E-state index in [2.05, 4.69) is 10.6 Å². The summed E-state index contributed by atoms with van der Waals surface area (Å²) >= 11 is 0. The van der Waals surface area contributed by atoms with Gasteiger partial charge in [0.1, 0.15) is 18.1 Å². The van der Waals surface area contributed by atoms with Gasteiger partial charge in [-0.05, 0) is 49.8 Å². The van der Waals surface area contributed by atoms with E-state index in [1.54, 1.807) is 24.3 Å². The summed E-state index contributed by atoms with van der Waals surface area (Å²) in [4.78, 5) is 37.7. The Hall–Kier alpha value is -3.88. The Morgan fingerprint density at radius 3 is 2.61 bits per heavy atom. The summed E-state index contributed by atoms with van der Waals surface area (Å²) in [6.07, 6.45) is 1.43. The number of amides is 4. The van der Waals surface area contributed by atoms with Gasteiger partial charge in [-0.3, -0.25) is 9.59 Å². The fourth-order valence-electron chi connectivity index (χ4n) is 2.90. The zero-order valence-corrected chi connectivity index (χ0v) is 17.3. The van der Waals surface area contributed by atoms with Gasteiger partial charge < -0.3 is 20.1 Å². The van der Waals surface area contributed by atoms with Gasteiger partial charge in [0.25, 0.3) is 5.91 Å². The van der Waals surface area contributed by atoms with Gasteiger partial charge in [0.15, 0.2) is 11.5 Å². The number of nitrogens with one attached hydrogen (secondary N) is 2. The lowest BCUT2D eigenvalue weighted by Gasteiger charge is -2.14. The molecule has 8 nitrogen and oxygen atoms in total. The number of anilines is 1. The van der Waals surface area contributed by atoms with E-state index in [4.69, 9.17) is 9.47 Å². The van der Waals surface area contributed by atoms with Gasteiger partial charge in [-0.25, -0.2) is 14.1 Å². The number of para-hydroxylation sites is 1. The number of halogens is 1. The summed E-state index contributed by atoms with van der Waals surface area (Å²) in [5.74, 6) is -0.969. The van der Waals surface area contributed by atoms with Crippen molar-refractivity contribution in [1.82, 2.24) is 10.2 Å². The van der Waals surface area contributed by atoms with Crippen LogP contribution in [0.25, 0.3) is 6.08 Å². The molecule has 0 aliphatic carbocycles. The van der Waals surface area contributed by atoms with E-state index in [-0.39, 0.29) is 17.5 Å². The lowest BCUT2D eigenvalue weighted by atomic mass is 10.1. The number of hydrogen-bond acceptors (Lipinski definition) is 5. The first kappa shape index (κ1) is 21.8. The predicted molar refractivity (Wildman–Crippen MR) is 112 cm³/mol. The van der Waals surface area contributed by atoms with Gasteiger partial charge in [-0.2, -0.15) is 0 Å². The van der Waals surface area contributed by atoms with Crippen molar-refractivity contribution in [2.75, 3.05) is 19.0 Å². The van der Waals surface area contributed by atoms with Crippen LogP contribution in [0, 0.1) is 5.82 Å². The average molecular weight is 427 g/mol. The molecule has 3 rings (SSSR count). The van der Waals surface area contributed by atoms with Gasteiger partial charge in [-0.15, -0.1) is 0 Å². The molecule has 0 atom stereocenters. The van der Waals surface area contributed by atoms with Crippen molar-refractivity contribution >= 4 is 29.6 Å². The summed E-state index contributed by atoms with van der Waals surface area (Å²) in [6.45, 7) is 3.22. The van der Waals surface area contributed by atoms with E-state index in [1.165, 1.54) is 31.4 Å². The average Bonchev–Trinajstić information content (AvgIpc) is 2.97. The fraction of sp³-hybridized carbons (Fsp3) is 0.227. The second kappa shape index (κ2) is 9.29. The number of carbonyl (C=O) groups is 3. The van der Waals surface area contributed by atoms with Crippen LogP contribution in [0.3, 0.4) is 0 Å². The van der Waals surface area contributed by atoms with Crippen LogP contribution < -0.4 is 20.1 Å². The normalized spacial score (nSPS) is 14.7. The van der Waals surface area contributed by atoms with E-state index in [9.17, 15) is 18.8 Å². The van der Waals surface area contributed by atoms with E-state index in [1.807, 2.05) is 13.8 Å². The van der Waals surface area contributed by atoms with Crippen LogP contribution in [-0.2, 0) is 9.59 Å². The highest BCUT2D eigenvalue weighted by molar-refractivity contribution is 6.15. The maximum atomic E-state index is 13.7. The lowest BCUT2D eigenvalue weighted by molar-refractivity contribution is -0.127. The first-order valence-electron chi connectivity index (χ1n) is 9.52. The number of rotatable bonds is 7. The molecule has 2 N–H and O–H groups in total. The fourth-order valence-corrected chi connectivity index (χ4v) is 2.90. The van der Waals surface area contributed by atoms with Gasteiger partial charge in [0.05, 0.1) is 18.9 Å². The van der Waals surface area contributed by atoms with Crippen molar-refractivity contribution < 1.29 is 28.2 Å². The quantitative estimate of drug-likeness (QED) is 0.523. The second-order valence-corrected chi connectivity index (χ2v) is 6.98. The Balaban J connectivity index is 1.73. The Morgan fingerprint density at radius 1 is 1.19 bits per heavy atom. The number of methoxy groups -OCH3 is 1. The summed E-state index contributed by atoms with van der Waals surface area (Å²) in [5.41, 5.74) is 0.559. The topological polar surface area (TPSA) is 97.0 Å². The Kier molecular flexibility index (Phi) is 6.54. The minimum Gasteiger partial charge on any atom is -0.493 e. The summed E-state index contributed by atoms with van der Waals surface area (Å²) in [5, 5.41) is 4.78. The molecule has 1 aliphatic heterocycles. The van der Waals surface area contributed by atoms with E-state index >= 15 is 0 Å². The third-order valence-corrected chi connectivity index (χ3v) is 4.27. The molecule has 9 heteroatoms. The molecule has 0 spiro atoms. The van der Waals surface area contributed by atoms with Crippen molar-refractivity contribution in [3.8, 4) is 11.5 Å². The van der Waals surface area contributed by atoms with Crippen molar-refractivity contribution in [2.24, 2.45) is 0 Å². The van der Waals surface area contributed by atoms with Crippen LogP contribution in [0.15, 0.2) is 48.2 Å². The van der Waals surface area contributed by atoms with Crippen LogP contribution in [-0.4, -0.2) is 42.5 Å². The molecule has 1 aliphatic rings. The van der Waals surface area contributed by atoms with Crippen LogP contribution in [0.1, 0.15) is 19.4 Å². The van der Waals surface area contributed by atoms with Gasteiger partial charge in [0.2, 0.25) is 5.91 Å². The molecule has 1 saturated heterocycles. The van der Waals surface area contributed by atoms with E-state index in [0.717, 1.165) is 4.90 Å². The molecule has 162 valence electrons. The van der Waals surface area contributed by atoms with Crippen molar-refractivity contribution in [2.45, 2.75) is 20.0 Å². The van der Waals surface area contributed by atoms with Crippen molar-refractivity contribution in [3.05, 3.63) is 59.5 Å². The van der Waals surface area contributed by atoms with Gasteiger partial charge in [0, 0.05) is 0 Å². The summed E-state index contributed by atoms with van der Waals surface area (Å²) < 4.78 is 24.7. The molecule has 0 saturated carbocycles. The minimum absolute atomic E-state index is 0.00303. The molecular formula is C22H22FN3O5. The Bertz CT molecular complexity index is 1050. The molecule has 0 unspecified atom stereocenters. The van der Waals surface area contributed by atoms with Crippen LogP contribution in [0.4, 0.5) is 14.9 Å². The highest BCUT2D eigenvalue weighted by atomic mass is 19.1. The van der Waals surface area contributed by atoms with Gasteiger partial charge >= 0.3 is 6.03 Å². The standard InChI is InChI=1S/C22H22FN3O5/c1-13(2)31-18-9-8-14(11-19(18)30-3)10-17-21(28)26(22(29)25-17)12-20(27)24-16-7-5-4-6-15(16)23/h4-11,13H,12H2,1-3H3,(H,24,27)(H,25,29)/b17-10+. The molecule has 0 radical (unpaired) electrons. The number of benzene rings is 2. The Labute approximate surface area is 178 Å². The minimum atomic E-state index is -0.744. The number of hydrogen-bond donors (Lipinski definition) is 2. The monoisotopic (exact) mass is 427 g/mol. The second-order valence-electron chi connectivity index (χ2n) is 6.98. The number of carbonyl (C=O) groups excluding carboxylic acids is 3. The Morgan fingerprint density at radius 2 is 1.94 bits per heavy atom. The highest BCUT2D eigenvalue weighted by Gasteiger charge is 2.35. The molecule has 2 aromatic rings. The molecule has 1 heterocycles. The zero-order valence-electron chi connectivity index (χ0n) is 17.3. The highest BCUT2D eigenvalue weighted by Crippen LogP contribution is 2.30. The third kappa shape index (κ3) is 5.19. The smallest absolute Gasteiger partial charge is 0.329 e. The molecule has 0 bridgehead atoms. The summed E-state index contributed by atoms with van der Waals surface area (Å²) in [7, 11) is 1.50. The predicted octanol–water partition coefficient (Wildman–Crippen LogP) is 3.15. The van der Waals surface area contributed by atoms with Crippen molar-refractivity contribution in [1.29, 1.82) is 0 Å². The van der Waals surface area contributed by atoms with Gasteiger partial charge in [-0.1, -0.05) is 18.2 Å². The zero-order chi connectivity index (χ0) is 22.5. The number of imide groups is 1. The van der Waals surface area contributed by atoms with Crippen LogP contribution in [0.2, 0.25) is 0 Å². The summed E-state index contributed by atoms with van der Waals surface area (Å²) in [6, 6.07) is 9.94. The first-order valence-corrected chi connectivity index (χ1v) is 9.52. The van der Waals surface area contributed by atoms with E-state index in [0.29, 0.717) is 17.1 Å². The van der Waals surface area contributed by atoms with Crippen molar-refractivity contribution in [3.63, 3.8) is 0 Å². The largest absolute Gasteiger partial charge is 0.493 e. The third-order valence-electron chi connectivity index (χ3n) is 4.27. The molecule has 4 amide bonds. The molecular weight excluding hydrogens is 405 g/mol. The van der Waals surface area contributed by atoms with Crippen LogP contribution in [0.5, 0.6) is 11.5 Å². The number of ether oxygens (including phenoxy) is 2. The molecule has 1 fully saturated rings.